The third kappa shape index (κ3) is 5.99. The lowest BCUT2D eigenvalue weighted by atomic mass is 9.84. The molecule has 1 saturated carbocycles. The normalized spacial score (nSPS) is 21.8. The first-order valence-corrected chi connectivity index (χ1v) is 11.2. The number of rotatable bonds is 6. The summed E-state index contributed by atoms with van der Waals surface area (Å²) in [5.74, 6) is -6.14. The van der Waals surface area contributed by atoms with Crippen LogP contribution in [0.15, 0.2) is 30.3 Å². The Hall–Kier alpha value is -2.56. The molecule has 0 amide bonds. The quantitative estimate of drug-likeness (QED) is 0.372. The van der Waals surface area contributed by atoms with Gasteiger partial charge in [-0.3, -0.25) is 0 Å². The molecule has 4 rings (SSSR count). The van der Waals surface area contributed by atoms with E-state index in [1.165, 1.54) is 12.8 Å². The molecule has 0 bridgehead atoms. The third-order valence-corrected chi connectivity index (χ3v) is 6.48. The van der Waals surface area contributed by atoms with Gasteiger partial charge in [0.15, 0.2) is 11.6 Å². The molecule has 2 fully saturated rings. The van der Waals surface area contributed by atoms with Crippen LogP contribution in [0, 0.1) is 29.3 Å². The second kappa shape index (κ2) is 9.83. The van der Waals surface area contributed by atoms with Gasteiger partial charge in [-0.1, -0.05) is 25.7 Å². The first kappa shape index (κ1) is 25.5. The van der Waals surface area contributed by atoms with E-state index in [2.05, 4.69) is 9.47 Å². The van der Waals surface area contributed by atoms with Gasteiger partial charge in [0.05, 0.1) is 12.7 Å². The van der Waals surface area contributed by atoms with Crippen LogP contribution in [0.5, 0.6) is 11.5 Å². The molecule has 1 saturated heterocycles. The van der Waals surface area contributed by atoms with Gasteiger partial charge in [-0.05, 0) is 54.5 Å². The Labute approximate surface area is 196 Å². The van der Waals surface area contributed by atoms with Crippen molar-refractivity contribution in [2.45, 2.75) is 57.1 Å². The maximum Gasteiger partial charge on any atom is 0.573 e. The van der Waals surface area contributed by atoms with Crippen LogP contribution < -0.4 is 9.47 Å². The minimum atomic E-state index is -5.21. The molecular weight excluding hydrogens is 488 g/mol. The van der Waals surface area contributed by atoms with Crippen molar-refractivity contribution in [1.82, 2.24) is 0 Å². The molecule has 1 aliphatic carbocycles. The summed E-state index contributed by atoms with van der Waals surface area (Å²) in [6, 6.07) is 2.65. The first-order valence-electron chi connectivity index (χ1n) is 11.2. The van der Waals surface area contributed by atoms with E-state index in [0.717, 1.165) is 31.4 Å². The zero-order valence-corrected chi connectivity index (χ0v) is 18.3. The lowest BCUT2D eigenvalue weighted by Crippen LogP contribution is -2.27. The predicted octanol–water partition coefficient (Wildman–Crippen LogP) is 7.79. The SMILES string of the molecule is Fc1cc(OC(F)(F)c2c(F)cc(C3CCC(C4CCCC4)CO3)cc2F)ccc1OC(F)(F)F. The van der Waals surface area contributed by atoms with Gasteiger partial charge in [0.2, 0.25) is 0 Å². The van der Waals surface area contributed by atoms with Crippen LogP contribution >= 0.6 is 0 Å². The molecule has 3 nitrogen and oxygen atoms in total. The van der Waals surface area contributed by atoms with E-state index in [0.29, 0.717) is 37.0 Å². The predicted molar refractivity (Wildman–Crippen MR) is 107 cm³/mol. The molecule has 2 aliphatic rings. The van der Waals surface area contributed by atoms with E-state index in [9.17, 15) is 35.1 Å². The van der Waals surface area contributed by atoms with Crippen molar-refractivity contribution in [3.8, 4) is 11.5 Å². The molecule has 1 aliphatic heterocycles. The molecule has 192 valence electrons. The Bertz CT molecular complexity index is 1020. The summed E-state index contributed by atoms with van der Waals surface area (Å²) in [7, 11) is 0. The minimum absolute atomic E-state index is 0.0733. The van der Waals surface area contributed by atoms with Gasteiger partial charge < -0.3 is 14.2 Å². The highest BCUT2D eigenvalue weighted by Gasteiger charge is 2.42. The van der Waals surface area contributed by atoms with E-state index < -0.39 is 53.1 Å². The molecule has 1 heterocycles. The molecule has 0 radical (unpaired) electrons. The second-order valence-electron chi connectivity index (χ2n) is 8.82. The van der Waals surface area contributed by atoms with Gasteiger partial charge in [0.1, 0.15) is 22.9 Å². The monoisotopic (exact) mass is 510 g/mol. The fourth-order valence-corrected chi connectivity index (χ4v) is 4.84. The van der Waals surface area contributed by atoms with Crippen molar-refractivity contribution >= 4 is 0 Å². The summed E-state index contributed by atoms with van der Waals surface area (Å²) in [5, 5.41) is 0. The van der Waals surface area contributed by atoms with Crippen molar-refractivity contribution in [2.75, 3.05) is 6.61 Å². The Morgan fingerprint density at radius 2 is 1.40 bits per heavy atom. The average molecular weight is 510 g/mol. The van der Waals surface area contributed by atoms with Crippen LogP contribution in [-0.2, 0) is 10.8 Å². The third-order valence-electron chi connectivity index (χ3n) is 6.48. The molecule has 0 N–H and O–H groups in total. The Kier molecular flexibility index (Phi) is 7.17. The molecule has 2 aromatic carbocycles. The zero-order valence-electron chi connectivity index (χ0n) is 18.3. The minimum Gasteiger partial charge on any atom is -0.429 e. The molecule has 0 spiro atoms. The van der Waals surface area contributed by atoms with Crippen molar-refractivity contribution in [1.29, 1.82) is 0 Å². The van der Waals surface area contributed by atoms with Crippen LogP contribution in [0.1, 0.15) is 55.8 Å². The van der Waals surface area contributed by atoms with Gasteiger partial charge in [-0.25, -0.2) is 13.2 Å². The molecule has 2 atom stereocenters. The highest BCUT2D eigenvalue weighted by Crippen LogP contribution is 2.42. The maximum absolute atomic E-state index is 14.6. The fraction of sp³-hybridized carbons (Fsp3) is 0.500. The summed E-state index contributed by atoms with van der Waals surface area (Å²) in [5.41, 5.74) is -1.64. The van der Waals surface area contributed by atoms with Gasteiger partial charge >= 0.3 is 12.5 Å². The topological polar surface area (TPSA) is 27.7 Å². The van der Waals surface area contributed by atoms with Gasteiger partial charge in [0, 0.05) is 6.07 Å². The Morgan fingerprint density at radius 1 is 0.743 bits per heavy atom. The number of alkyl halides is 5. The summed E-state index contributed by atoms with van der Waals surface area (Å²) >= 11 is 0. The molecule has 0 aromatic heterocycles. The van der Waals surface area contributed by atoms with Crippen LogP contribution in [0.25, 0.3) is 0 Å². The maximum atomic E-state index is 14.6. The molecule has 35 heavy (non-hydrogen) atoms. The summed E-state index contributed by atoms with van der Waals surface area (Å²) in [6.07, 6.45) is -4.52. The average Bonchev–Trinajstić information content (AvgIpc) is 3.29. The first-order chi connectivity index (χ1) is 16.4. The van der Waals surface area contributed by atoms with Crippen LogP contribution in [-0.4, -0.2) is 13.0 Å². The number of hydrogen-bond acceptors (Lipinski definition) is 3. The van der Waals surface area contributed by atoms with Crippen LogP contribution in [0.4, 0.5) is 35.1 Å². The van der Waals surface area contributed by atoms with E-state index in [1.807, 2.05) is 0 Å². The summed E-state index contributed by atoms with van der Waals surface area (Å²) in [6.45, 7) is 0.430. The van der Waals surface area contributed by atoms with Crippen molar-refractivity contribution in [3.63, 3.8) is 0 Å². The summed E-state index contributed by atoms with van der Waals surface area (Å²) < 4.78 is 122. The van der Waals surface area contributed by atoms with Crippen LogP contribution in [0.2, 0.25) is 0 Å². The number of hydrogen-bond donors (Lipinski definition) is 0. The van der Waals surface area contributed by atoms with Crippen molar-refractivity contribution in [3.05, 3.63) is 58.9 Å². The molecule has 11 heteroatoms. The van der Waals surface area contributed by atoms with Crippen molar-refractivity contribution in [2.24, 2.45) is 11.8 Å². The fourth-order valence-electron chi connectivity index (χ4n) is 4.84. The van der Waals surface area contributed by atoms with Crippen LogP contribution in [0.3, 0.4) is 0 Å². The highest BCUT2D eigenvalue weighted by molar-refractivity contribution is 5.35. The second-order valence-corrected chi connectivity index (χ2v) is 8.82. The lowest BCUT2D eigenvalue weighted by Gasteiger charge is -2.33. The van der Waals surface area contributed by atoms with Gasteiger partial charge in [-0.15, -0.1) is 13.2 Å². The number of benzene rings is 2. The lowest BCUT2D eigenvalue weighted by molar-refractivity contribution is -0.275. The summed E-state index contributed by atoms with van der Waals surface area (Å²) in [4.78, 5) is 0. The van der Waals surface area contributed by atoms with Crippen molar-refractivity contribution < 1.29 is 49.3 Å². The molecule has 2 aromatic rings. The van der Waals surface area contributed by atoms with E-state index in [4.69, 9.17) is 4.74 Å². The Balaban J connectivity index is 1.47. The largest absolute Gasteiger partial charge is 0.573 e. The van der Waals surface area contributed by atoms with E-state index >= 15 is 0 Å². The standard InChI is InChI=1S/C24H22F8O3/c25-17-11-16(6-8-21(17)35-24(30,31)32)34-23(28,29)22-18(26)9-15(10-19(22)27)20-7-5-14(12-33-20)13-3-1-2-4-13/h6,8-11,13-14,20H,1-5,7,12H2. The Morgan fingerprint density at radius 3 is 1.94 bits per heavy atom. The zero-order chi connectivity index (χ0) is 25.4. The number of halogens is 8. The molecular formula is C24H22F8O3. The van der Waals surface area contributed by atoms with E-state index in [1.54, 1.807) is 0 Å². The number of ether oxygens (including phenoxy) is 3. The smallest absolute Gasteiger partial charge is 0.429 e. The molecule has 2 unspecified atom stereocenters. The van der Waals surface area contributed by atoms with E-state index in [-0.39, 0.29) is 11.6 Å². The van der Waals surface area contributed by atoms with Gasteiger partial charge in [-0.2, -0.15) is 8.78 Å². The van der Waals surface area contributed by atoms with Gasteiger partial charge in [0.25, 0.3) is 0 Å². The highest BCUT2D eigenvalue weighted by atomic mass is 19.4.